The van der Waals surface area contributed by atoms with Crippen LogP contribution in [0.2, 0.25) is 0 Å². The molecule has 0 bridgehead atoms. The highest BCUT2D eigenvalue weighted by Crippen LogP contribution is 2.38. The summed E-state index contributed by atoms with van der Waals surface area (Å²) < 4.78 is 21.3. The van der Waals surface area contributed by atoms with Gasteiger partial charge in [-0.3, -0.25) is 4.79 Å². The molecular weight excluding hydrogens is 459 g/mol. The lowest BCUT2D eigenvalue weighted by molar-refractivity contribution is 0.0962. The van der Waals surface area contributed by atoms with Gasteiger partial charge in [-0.05, 0) is 53.5 Å². The zero-order chi connectivity index (χ0) is 24.6. The molecule has 1 N–H and O–H groups in total. The third-order valence-electron chi connectivity index (χ3n) is 6.65. The molecular formula is C28H23FN4O3. The van der Waals surface area contributed by atoms with Crippen molar-refractivity contribution in [3.05, 3.63) is 107 Å². The summed E-state index contributed by atoms with van der Waals surface area (Å²) in [4.78, 5) is 25.0. The van der Waals surface area contributed by atoms with Crippen LogP contribution in [0.1, 0.15) is 33.1 Å². The molecule has 8 heteroatoms. The van der Waals surface area contributed by atoms with Gasteiger partial charge in [-0.15, -0.1) is 0 Å². The minimum absolute atomic E-state index is 0.108. The first-order valence-corrected chi connectivity index (χ1v) is 11.7. The number of hydrogen-bond acceptors (Lipinski definition) is 6. The Kier molecular flexibility index (Phi) is 5.58. The molecule has 2 aliphatic rings. The van der Waals surface area contributed by atoms with E-state index in [1.807, 2.05) is 46.0 Å². The summed E-state index contributed by atoms with van der Waals surface area (Å²) in [5.74, 6) is -0.645. The Balaban J connectivity index is 1.37. The molecule has 1 atom stereocenters. The van der Waals surface area contributed by atoms with Crippen LogP contribution in [0.3, 0.4) is 0 Å². The van der Waals surface area contributed by atoms with Crippen LogP contribution in [0.5, 0.6) is 5.88 Å². The summed E-state index contributed by atoms with van der Waals surface area (Å²) >= 11 is 0. The molecule has 0 saturated heterocycles. The van der Waals surface area contributed by atoms with Gasteiger partial charge in [-0.2, -0.15) is 4.98 Å². The molecule has 0 amide bonds. The average molecular weight is 483 g/mol. The van der Waals surface area contributed by atoms with Gasteiger partial charge < -0.3 is 19.3 Å². The predicted molar refractivity (Wildman–Crippen MR) is 133 cm³/mol. The highest BCUT2D eigenvalue weighted by Gasteiger charge is 2.35. The van der Waals surface area contributed by atoms with Crippen LogP contribution in [-0.4, -0.2) is 38.6 Å². The van der Waals surface area contributed by atoms with E-state index in [0.717, 1.165) is 29.9 Å². The van der Waals surface area contributed by atoms with Crippen molar-refractivity contribution in [2.24, 2.45) is 0 Å². The lowest BCUT2D eigenvalue weighted by atomic mass is 9.91. The van der Waals surface area contributed by atoms with Crippen LogP contribution in [0.4, 0.5) is 16.0 Å². The average Bonchev–Trinajstić information content (AvgIpc) is 3.62. The second kappa shape index (κ2) is 9.05. The number of aliphatic hydroxyl groups is 1. The standard InChI is InChI=1S/C28H23FN4O3/c29-21-9-7-18(8-10-21)17-36-27-22(26(35)25-20(16-34)15-32-12-3-6-24(25)32)14-30-28(31-27)33-13-11-19-4-1-2-5-23(19)33/h1-10,12,14-15,25,34H,11,13,16-17H2. The van der Waals surface area contributed by atoms with Crippen LogP contribution < -0.4 is 9.64 Å². The molecule has 180 valence electrons. The molecule has 36 heavy (non-hydrogen) atoms. The van der Waals surface area contributed by atoms with E-state index in [0.29, 0.717) is 11.5 Å². The van der Waals surface area contributed by atoms with Crippen molar-refractivity contribution in [2.45, 2.75) is 18.9 Å². The summed E-state index contributed by atoms with van der Waals surface area (Å²) in [6, 6.07) is 17.8. The number of ether oxygens (including phenoxy) is 1. The zero-order valence-corrected chi connectivity index (χ0v) is 19.3. The monoisotopic (exact) mass is 482 g/mol. The van der Waals surface area contributed by atoms with E-state index in [1.165, 1.54) is 23.9 Å². The zero-order valence-electron chi connectivity index (χ0n) is 19.3. The smallest absolute Gasteiger partial charge is 0.233 e. The van der Waals surface area contributed by atoms with Crippen LogP contribution in [-0.2, 0) is 13.0 Å². The van der Waals surface area contributed by atoms with Gasteiger partial charge >= 0.3 is 0 Å². The molecule has 0 fully saturated rings. The molecule has 2 aromatic carbocycles. The van der Waals surface area contributed by atoms with Crippen molar-refractivity contribution in [1.29, 1.82) is 0 Å². The van der Waals surface area contributed by atoms with Crippen LogP contribution in [0.25, 0.3) is 6.20 Å². The topological polar surface area (TPSA) is 80.5 Å². The Morgan fingerprint density at radius 2 is 1.94 bits per heavy atom. The first kappa shape index (κ1) is 22.2. The molecule has 2 aliphatic heterocycles. The number of para-hydroxylation sites is 1. The number of aromatic nitrogens is 3. The summed E-state index contributed by atoms with van der Waals surface area (Å²) in [5.41, 5.74) is 4.57. The minimum Gasteiger partial charge on any atom is -0.472 e. The third kappa shape index (κ3) is 3.85. The van der Waals surface area contributed by atoms with E-state index in [2.05, 4.69) is 16.0 Å². The van der Waals surface area contributed by atoms with Crippen molar-refractivity contribution in [3.63, 3.8) is 0 Å². The number of carbonyl (C=O) groups is 1. The molecule has 0 aliphatic carbocycles. The highest BCUT2D eigenvalue weighted by atomic mass is 19.1. The van der Waals surface area contributed by atoms with Crippen LogP contribution >= 0.6 is 0 Å². The first-order valence-electron chi connectivity index (χ1n) is 11.7. The SMILES string of the molecule is O=C(c1cnc(N2CCc3ccccc32)nc1OCc1ccc(F)cc1)C1C(CO)=Cn2cccc21. The summed E-state index contributed by atoms with van der Waals surface area (Å²) in [5, 5.41) is 9.91. The quantitative estimate of drug-likeness (QED) is 0.391. The van der Waals surface area contributed by atoms with E-state index in [4.69, 9.17) is 4.74 Å². The first-order chi connectivity index (χ1) is 17.6. The Morgan fingerprint density at radius 3 is 2.78 bits per heavy atom. The van der Waals surface area contributed by atoms with Crippen molar-refractivity contribution in [1.82, 2.24) is 14.5 Å². The number of rotatable bonds is 7. The van der Waals surface area contributed by atoms with Gasteiger partial charge in [0.25, 0.3) is 0 Å². The number of anilines is 2. The van der Waals surface area contributed by atoms with Gasteiger partial charge in [-0.25, -0.2) is 9.37 Å². The number of carbonyl (C=O) groups excluding carboxylic acids is 1. The van der Waals surface area contributed by atoms with Gasteiger partial charge in [0.2, 0.25) is 11.8 Å². The van der Waals surface area contributed by atoms with Crippen molar-refractivity contribution >= 4 is 23.6 Å². The van der Waals surface area contributed by atoms with Gasteiger partial charge in [0.1, 0.15) is 12.4 Å². The van der Waals surface area contributed by atoms with Crippen LogP contribution in [0.15, 0.2) is 78.6 Å². The van der Waals surface area contributed by atoms with E-state index >= 15 is 0 Å². The molecule has 2 aromatic heterocycles. The molecule has 7 nitrogen and oxygen atoms in total. The fraction of sp³-hybridized carbons (Fsp3) is 0.179. The number of hydrogen-bond donors (Lipinski definition) is 1. The fourth-order valence-corrected chi connectivity index (χ4v) is 4.85. The maximum Gasteiger partial charge on any atom is 0.233 e. The van der Waals surface area contributed by atoms with Gasteiger partial charge in [0.05, 0.1) is 18.1 Å². The molecule has 0 radical (unpaired) electrons. The predicted octanol–water partition coefficient (Wildman–Crippen LogP) is 4.50. The van der Waals surface area contributed by atoms with Gasteiger partial charge in [-0.1, -0.05) is 30.3 Å². The highest BCUT2D eigenvalue weighted by molar-refractivity contribution is 6.05. The number of nitrogens with zero attached hydrogens (tertiary/aromatic N) is 4. The van der Waals surface area contributed by atoms with Crippen LogP contribution in [0, 0.1) is 5.82 Å². The summed E-state index contributed by atoms with van der Waals surface area (Å²) in [6.07, 6.45) is 5.99. The van der Waals surface area contributed by atoms with E-state index in [1.54, 1.807) is 18.3 Å². The second-order valence-corrected chi connectivity index (χ2v) is 8.83. The van der Waals surface area contributed by atoms with Crippen molar-refractivity contribution in [3.8, 4) is 5.88 Å². The lowest BCUT2D eigenvalue weighted by Crippen LogP contribution is -2.20. The number of ketones is 1. The van der Waals surface area contributed by atoms with Crippen molar-refractivity contribution < 1.29 is 19.0 Å². The van der Waals surface area contributed by atoms with Gasteiger partial charge in [0.15, 0.2) is 5.78 Å². The number of Topliss-reactive ketones (excluding diaryl/α,β-unsaturated/α-hetero) is 1. The molecule has 4 heterocycles. The van der Waals surface area contributed by atoms with Crippen molar-refractivity contribution in [2.75, 3.05) is 18.1 Å². The molecule has 0 saturated carbocycles. The Morgan fingerprint density at radius 1 is 1.11 bits per heavy atom. The third-order valence-corrected chi connectivity index (χ3v) is 6.65. The number of aliphatic hydroxyl groups excluding tert-OH is 1. The molecule has 6 rings (SSSR count). The number of halogens is 1. The summed E-state index contributed by atoms with van der Waals surface area (Å²) in [7, 11) is 0. The molecule has 4 aromatic rings. The summed E-state index contributed by atoms with van der Waals surface area (Å²) in [6.45, 7) is 0.586. The second-order valence-electron chi connectivity index (χ2n) is 8.83. The molecule has 0 spiro atoms. The Bertz CT molecular complexity index is 1480. The van der Waals surface area contributed by atoms with E-state index in [9.17, 15) is 14.3 Å². The maximum absolute atomic E-state index is 13.8. The van der Waals surface area contributed by atoms with Gasteiger partial charge in [0, 0.05) is 36.5 Å². The number of benzene rings is 2. The maximum atomic E-state index is 13.8. The fourth-order valence-electron chi connectivity index (χ4n) is 4.85. The van der Waals surface area contributed by atoms with E-state index in [-0.39, 0.29) is 36.3 Å². The number of fused-ring (bicyclic) bond motifs is 2. The largest absolute Gasteiger partial charge is 0.472 e. The normalized spacial score (nSPS) is 16.0. The molecule has 1 unspecified atom stereocenters. The van der Waals surface area contributed by atoms with E-state index < -0.39 is 5.92 Å². The lowest BCUT2D eigenvalue weighted by Gasteiger charge is -2.20. The Labute approximate surface area is 207 Å². The Hall–Kier alpha value is -4.30. The minimum atomic E-state index is -0.653.